The van der Waals surface area contributed by atoms with Crippen LogP contribution in [0, 0.1) is 17.3 Å². The normalized spacial score (nSPS) is 11.4. The van der Waals surface area contributed by atoms with Crippen molar-refractivity contribution in [2.75, 3.05) is 16.0 Å². The fourth-order valence-electron chi connectivity index (χ4n) is 1.88. The van der Waals surface area contributed by atoms with E-state index in [4.69, 9.17) is 0 Å². The summed E-state index contributed by atoms with van der Waals surface area (Å²) in [6, 6.07) is 5.06. The summed E-state index contributed by atoms with van der Waals surface area (Å²) in [4.78, 5) is 36.5. The van der Waals surface area contributed by atoms with E-state index in [9.17, 15) is 14.4 Å². The summed E-state index contributed by atoms with van der Waals surface area (Å²) < 4.78 is 0. The first-order valence-electron chi connectivity index (χ1n) is 9.04. The second-order valence-corrected chi connectivity index (χ2v) is 7.78. The minimum absolute atomic E-state index is 0.117. The van der Waals surface area contributed by atoms with Crippen LogP contribution in [0.2, 0.25) is 0 Å². The number of benzene rings is 1. The van der Waals surface area contributed by atoms with Gasteiger partial charge in [0, 0.05) is 34.3 Å². The molecule has 26 heavy (non-hydrogen) atoms. The highest BCUT2D eigenvalue weighted by atomic mass is 16.2. The molecular formula is C20H31N3O3. The summed E-state index contributed by atoms with van der Waals surface area (Å²) in [5, 5.41) is 8.50. The predicted molar refractivity (Wildman–Crippen MR) is 106 cm³/mol. The quantitative estimate of drug-likeness (QED) is 0.678. The molecule has 0 atom stereocenters. The van der Waals surface area contributed by atoms with Crippen molar-refractivity contribution < 1.29 is 14.4 Å². The van der Waals surface area contributed by atoms with Crippen molar-refractivity contribution in [1.29, 1.82) is 0 Å². The van der Waals surface area contributed by atoms with Crippen LogP contribution in [0.3, 0.4) is 0 Å². The molecule has 0 aromatic heterocycles. The van der Waals surface area contributed by atoms with Crippen molar-refractivity contribution in [3.63, 3.8) is 0 Å². The van der Waals surface area contributed by atoms with Crippen LogP contribution in [0.15, 0.2) is 18.2 Å². The number of nitrogens with one attached hydrogen (secondary N) is 3. The summed E-state index contributed by atoms with van der Waals surface area (Å²) in [7, 11) is 0. The van der Waals surface area contributed by atoms with E-state index in [1.807, 2.05) is 20.8 Å². The van der Waals surface area contributed by atoms with Crippen LogP contribution in [0.4, 0.5) is 17.1 Å². The molecule has 0 radical (unpaired) electrons. The van der Waals surface area contributed by atoms with Crippen LogP contribution in [0.5, 0.6) is 0 Å². The molecule has 6 heteroatoms. The van der Waals surface area contributed by atoms with Gasteiger partial charge in [-0.2, -0.15) is 0 Å². The van der Waals surface area contributed by atoms with Crippen molar-refractivity contribution in [1.82, 2.24) is 0 Å². The van der Waals surface area contributed by atoms with Gasteiger partial charge in [0.05, 0.1) is 0 Å². The Morgan fingerprint density at radius 1 is 0.808 bits per heavy atom. The lowest BCUT2D eigenvalue weighted by Crippen LogP contribution is -2.30. The van der Waals surface area contributed by atoms with E-state index in [0.29, 0.717) is 23.5 Å². The molecule has 0 aliphatic rings. The Bertz CT molecular complexity index is 639. The average molecular weight is 361 g/mol. The van der Waals surface area contributed by atoms with Crippen LogP contribution in [-0.4, -0.2) is 17.7 Å². The van der Waals surface area contributed by atoms with E-state index in [-0.39, 0.29) is 29.6 Å². The van der Waals surface area contributed by atoms with E-state index < -0.39 is 5.41 Å². The first kappa shape index (κ1) is 21.7. The zero-order chi connectivity index (χ0) is 20.1. The van der Waals surface area contributed by atoms with Crippen LogP contribution >= 0.6 is 0 Å². The third kappa shape index (κ3) is 6.17. The van der Waals surface area contributed by atoms with E-state index in [2.05, 4.69) is 16.0 Å². The van der Waals surface area contributed by atoms with Crippen molar-refractivity contribution in [3.05, 3.63) is 18.2 Å². The van der Waals surface area contributed by atoms with E-state index in [1.54, 1.807) is 45.9 Å². The van der Waals surface area contributed by atoms with Gasteiger partial charge in [-0.15, -0.1) is 0 Å². The van der Waals surface area contributed by atoms with Crippen molar-refractivity contribution in [3.8, 4) is 0 Å². The summed E-state index contributed by atoms with van der Waals surface area (Å²) in [5.74, 6) is -0.748. The van der Waals surface area contributed by atoms with Gasteiger partial charge in [-0.25, -0.2) is 0 Å². The van der Waals surface area contributed by atoms with Crippen LogP contribution in [0.25, 0.3) is 0 Å². The Labute approximate surface area is 156 Å². The molecule has 6 nitrogen and oxygen atoms in total. The molecule has 3 N–H and O–H groups in total. The van der Waals surface area contributed by atoms with Gasteiger partial charge in [0.1, 0.15) is 0 Å². The zero-order valence-corrected chi connectivity index (χ0v) is 16.8. The first-order chi connectivity index (χ1) is 12.0. The molecule has 0 saturated heterocycles. The SMILES string of the molecule is CCC(C)(C)C(=O)Nc1cc(NC(=O)C(C)C)cc(NC(=O)C(C)C)c1. The fraction of sp³-hybridized carbons (Fsp3) is 0.550. The zero-order valence-electron chi connectivity index (χ0n) is 16.8. The van der Waals surface area contributed by atoms with Gasteiger partial charge in [0.25, 0.3) is 0 Å². The molecule has 0 unspecified atom stereocenters. The van der Waals surface area contributed by atoms with E-state index >= 15 is 0 Å². The largest absolute Gasteiger partial charge is 0.326 e. The molecule has 0 aliphatic carbocycles. The maximum Gasteiger partial charge on any atom is 0.230 e. The van der Waals surface area contributed by atoms with Crippen molar-refractivity contribution >= 4 is 34.8 Å². The molecule has 0 aliphatic heterocycles. The number of amides is 3. The second kappa shape index (κ2) is 8.83. The summed E-state index contributed by atoms with van der Waals surface area (Å²) in [6.45, 7) is 12.9. The Hall–Kier alpha value is -2.37. The maximum atomic E-state index is 12.5. The highest BCUT2D eigenvalue weighted by molar-refractivity contribution is 5.99. The lowest BCUT2D eigenvalue weighted by molar-refractivity contribution is -0.124. The summed E-state index contributed by atoms with van der Waals surface area (Å²) in [5.41, 5.74) is 1.06. The average Bonchev–Trinajstić information content (AvgIpc) is 2.54. The Morgan fingerprint density at radius 3 is 1.46 bits per heavy atom. The topological polar surface area (TPSA) is 87.3 Å². The Morgan fingerprint density at radius 2 is 1.15 bits per heavy atom. The van der Waals surface area contributed by atoms with Gasteiger partial charge in [-0.1, -0.05) is 48.5 Å². The molecule has 1 aromatic carbocycles. The third-order valence-electron chi connectivity index (χ3n) is 4.27. The van der Waals surface area contributed by atoms with E-state index in [0.717, 1.165) is 0 Å². The Balaban J connectivity index is 3.16. The Kier molecular flexibility index (Phi) is 7.36. The summed E-state index contributed by atoms with van der Waals surface area (Å²) in [6.07, 6.45) is 0.694. The molecule has 0 spiro atoms. The van der Waals surface area contributed by atoms with Crippen LogP contribution in [-0.2, 0) is 14.4 Å². The number of carbonyl (C=O) groups excluding carboxylic acids is 3. The molecule has 0 bridgehead atoms. The fourth-order valence-corrected chi connectivity index (χ4v) is 1.88. The maximum absolute atomic E-state index is 12.5. The van der Waals surface area contributed by atoms with Crippen molar-refractivity contribution in [2.24, 2.45) is 17.3 Å². The van der Waals surface area contributed by atoms with Crippen molar-refractivity contribution in [2.45, 2.75) is 54.9 Å². The third-order valence-corrected chi connectivity index (χ3v) is 4.27. The van der Waals surface area contributed by atoms with Gasteiger partial charge in [-0.05, 0) is 24.6 Å². The molecule has 3 amide bonds. The highest BCUT2D eigenvalue weighted by Crippen LogP contribution is 2.27. The molecule has 0 heterocycles. The van der Waals surface area contributed by atoms with Crippen LogP contribution in [0.1, 0.15) is 54.9 Å². The smallest absolute Gasteiger partial charge is 0.230 e. The summed E-state index contributed by atoms with van der Waals surface area (Å²) >= 11 is 0. The molecular weight excluding hydrogens is 330 g/mol. The monoisotopic (exact) mass is 361 g/mol. The second-order valence-electron chi connectivity index (χ2n) is 7.78. The minimum atomic E-state index is -0.515. The van der Waals surface area contributed by atoms with Crippen LogP contribution < -0.4 is 16.0 Å². The molecule has 0 fully saturated rings. The molecule has 144 valence electrons. The number of anilines is 3. The minimum Gasteiger partial charge on any atom is -0.326 e. The van der Waals surface area contributed by atoms with Gasteiger partial charge in [-0.3, -0.25) is 14.4 Å². The lowest BCUT2D eigenvalue weighted by Gasteiger charge is -2.22. The molecule has 1 rings (SSSR count). The van der Waals surface area contributed by atoms with E-state index in [1.165, 1.54) is 0 Å². The van der Waals surface area contributed by atoms with Gasteiger partial charge >= 0.3 is 0 Å². The number of carbonyl (C=O) groups is 3. The molecule has 0 saturated carbocycles. The molecule has 1 aromatic rings. The van der Waals surface area contributed by atoms with Gasteiger partial charge in [0.15, 0.2) is 0 Å². The van der Waals surface area contributed by atoms with Gasteiger partial charge < -0.3 is 16.0 Å². The number of rotatable bonds is 7. The number of hydrogen-bond acceptors (Lipinski definition) is 3. The standard InChI is InChI=1S/C20H31N3O3/c1-8-20(6,7)19(26)23-16-10-14(21-17(24)12(2)3)9-15(11-16)22-18(25)13(4)5/h9-13H,8H2,1-7H3,(H,21,24)(H,22,25)(H,23,26). The predicted octanol–water partition coefficient (Wildman–Crippen LogP) is 4.25. The highest BCUT2D eigenvalue weighted by Gasteiger charge is 2.25. The first-order valence-corrected chi connectivity index (χ1v) is 9.04. The lowest BCUT2D eigenvalue weighted by atomic mass is 9.89. The van der Waals surface area contributed by atoms with Gasteiger partial charge in [0.2, 0.25) is 17.7 Å². The number of hydrogen-bond donors (Lipinski definition) is 3.